The SMILES string of the molecule is CCN(CC)CCC(CCN(CC)CC)(CCN(CC)CC)C[Si](OC)(OC)OC. The van der Waals surface area contributed by atoms with Crippen molar-refractivity contribution in [1.29, 1.82) is 0 Å². The summed E-state index contributed by atoms with van der Waals surface area (Å²) < 4.78 is 17.8. The van der Waals surface area contributed by atoms with Crippen molar-refractivity contribution in [2.75, 3.05) is 80.2 Å². The zero-order chi connectivity index (χ0) is 23.0. The number of hydrogen-bond acceptors (Lipinski definition) is 6. The van der Waals surface area contributed by atoms with Crippen molar-refractivity contribution in [2.24, 2.45) is 5.41 Å². The highest BCUT2D eigenvalue weighted by molar-refractivity contribution is 6.60. The number of hydrogen-bond donors (Lipinski definition) is 0. The monoisotopic (exact) mass is 447 g/mol. The van der Waals surface area contributed by atoms with Crippen molar-refractivity contribution in [2.45, 2.75) is 66.8 Å². The lowest BCUT2D eigenvalue weighted by atomic mass is 9.79. The van der Waals surface area contributed by atoms with E-state index < -0.39 is 8.80 Å². The van der Waals surface area contributed by atoms with E-state index in [-0.39, 0.29) is 5.41 Å². The lowest BCUT2D eigenvalue weighted by molar-refractivity contribution is 0.0817. The van der Waals surface area contributed by atoms with E-state index in [0.29, 0.717) is 0 Å². The standard InChI is InChI=1S/C23H53N3O3Si/c1-10-24(11-2)19-16-23(17-20-25(12-3)13-4,18-21-26(14-5)15-6)22-30(27-7,28-8)29-9/h10-22H2,1-9H3. The van der Waals surface area contributed by atoms with Crippen LogP contribution in [0.2, 0.25) is 6.04 Å². The van der Waals surface area contributed by atoms with Gasteiger partial charge in [0.1, 0.15) is 0 Å². The maximum absolute atomic E-state index is 5.92. The Bertz CT molecular complexity index is 350. The maximum Gasteiger partial charge on any atom is 0.500 e. The molecule has 0 heterocycles. The van der Waals surface area contributed by atoms with Crippen molar-refractivity contribution in [3.05, 3.63) is 0 Å². The molecule has 0 aromatic carbocycles. The van der Waals surface area contributed by atoms with Gasteiger partial charge in [0, 0.05) is 27.4 Å². The normalized spacial score (nSPS) is 13.2. The molecular formula is C23H53N3O3Si. The fourth-order valence-electron chi connectivity index (χ4n) is 4.37. The second-order valence-electron chi connectivity index (χ2n) is 8.30. The fourth-order valence-corrected chi connectivity index (χ4v) is 6.75. The van der Waals surface area contributed by atoms with E-state index in [9.17, 15) is 0 Å². The van der Waals surface area contributed by atoms with Crippen LogP contribution in [0.5, 0.6) is 0 Å². The summed E-state index contributed by atoms with van der Waals surface area (Å²) in [6.45, 7) is 23.5. The van der Waals surface area contributed by atoms with Crippen LogP contribution in [0.15, 0.2) is 0 Å². The highest BCUT2D eigenvalue weighted by atomic mass is 28.4. The molecule has 0 fully saturated rings. The lowest BCUT2D eigenvalue weighted by Gasteiger charge is -2.42. The summed E-state index contributed by atoms with van der Waals surface area (Å²) in [6.07, 6.45) is 3.46. The summed E-state index contributed by atoms with van der Waals surface area (Å²) in [4.78, 5) is 7.62. The third-order valence-electron chi connectivity index (χ3n) is 7.08. The molecule has 0 aliphatic carbocycles. The highest BCUT2D eigenvalue weighted by Gasteiger charge is 2.47. The molecule has 0 aliphatic rings. The Hall–Kier alpha value is -0.0231. The Labute approximate surface area is 189 Å². The number of rotatable bonds is 20. The van der Waals surface area contributed by atoms with Gasteiger partial charge >= 0.3 is 8.80 Å². The summed E-state index contributed by atoms with van der Waals surface area (Å²) in [5.41, 5.74) is 0.141. The Kier molecular flexibility index (Phi) is 16.6. The molecule has 0 amide bonds. The smallest absolute Gasteiger partial charge is 0.377 e. The van der Waals surface area contributed by atoms with Gasteiger partial charge < -0.3 is 28.0 Å². The summed E-state index contributed by atoms with van der Waals surface area (Å²) >= 11 is 0. The Morgan fingerprint density at radius 1 is 0.533 bits per heavy atom. The van der Waals surface area contributed by atoms with Crippen molar-refractivity contribution >= 4 is 8.80 Å². The van der Waals surface area contributed by atoms with Crippen molar-refractivity contribution < 1.29 is 13.3 Å². The topological polar surface area (TPSA) is 37.4 Å². The molecule has 0 rings (SSSR count). The molecule has 7 heteroatoms. The summed E-state index contributed by atoms with van der Waals surface area (Å²) in [7, 11) is 2.57. The lowest BCUT2D eigenvalue weighted by Crippen LogP contribution is -2.49. The van der Waals surface area contributed by atoms with Gasteiger partial charge in [-0.15, -0.1) is 0 Å². The second kappa shape index (κ2) is 16.6. The van der Waals surface area contributed by atoms with Gasteiger partial charge in [0.05, 0.1) is 0 Å². The van der Waals surface area contributed by atoms with Crippen LogP contribution in [0.4, 0.5) is 0 Å². The van der Waals surface area contributed by atoms with E-state index in [1.807, 2.05) is 0 Å². The van der Waals surface area contributed by atoms with Gasteiger partial charge in [-0.2, -0.15) is 0 Å². The van der Waals surface area contributed by atoms with E-state index in [2.05, 4.69) is 56.2 Å². The summed E-state index contributed by atoms with van der Waals surface area (Å²) in [5, 5.41) is 0. The maximum atomic E-state index is 5.92. The molecule has 0 aromatic heterocycles. The number of nitrogens with zero attached hydrogens (tertiary/aromatic N) is 3. The van der Waals surface area contributed by atoms with Gasteiger partial charge in [-0.25, -0.2) is 0 Å². The first-order chi connectivity index (χ1) is 14.4. The van der Waals surface area contributed by atoms with Gasteiger partial charge in [-0.1, -0.05) is 41.5 Å². The summed E-state index contributed by atoms with van der Waals surface area (Å²) in [6, 6.07) is 0.882. The zero-order valence-corrected chi connectivity index (χ0v) is 22.8. The minimum Gasteiger partial charge on any atom is -0.377 e. The van der Waals surface area contributed by atoms with Crippen LogP contribution < -0.4 is 0 Å². The molecule has 0 N–H and O–H groups in total. The molecule has 0 bridgehead atoms. The van der Waals surface area contributed by atoms with Crippen LogP contribution in [-0.4, -0.2) is 104 Å². The average Bonchev–Trinajstić information content (AvgIpc) is 2.79. The Morgan fingerprint density at radius 3 is 1.00 bits per heavy atom. The highest BCUT2D eigenvalue weighted by Crippen LogP contribution is 2.41. The molecule has 0 saturated heterocycles. The largest absolute Gasteiger partial charge is 0.500 e. The minimum atomic E-state index is -2.69. The molecular weight excluding hydrogens is 394 g/mol. The molecule has 0 saturated carbocycles. The van der Waals surface area contributed by atoms with Gasteiger partial charge in [0.2, 0.25) is 0 Å². The molecule has 182 valence electrons. The first-order valence-corrected chi connectivity index (χ1v) is 14.1. The van der Waals surface area contributed by atoms with E-state index in [1.54, 1.807) is 21.3 Å². The average molecular weight is 448 g/mol. The van der Waals surface area contributed by atoms with E-state index in [1.165, 1.54) is 0 Å². The molecule has 0 aromatic rings. The molecule has 30 heavy (non-hydrogen) atoms. The molecule has 0 unspecified atom stereocenters. The van der Waals surface area contributed by atoms with Crippen LogP contribution in [0.3, 0.4) is 0 Å². The predicted molar refractivity (Wildman–Crippen MR) is 131 cm³/mol. The molecule has 0 radical (unpaired) electrons. The second-order valence-corrected chi connectivity index (χ2v) is 11.2. The van der Waals surface area contributed by atoms with Crippen LogP contribution in [-0.2, 0) is 13.3 Å². The summed E-state index contributed by atoms with van der Waals surface area (Å²) in [5.74, 6) is 0. The Morgan fingerprint density at radius 2 is 0.800 bits per heavy atom. The molecule has 0 spiro atoms. The Balaban J connectivity index is 5.86. The van der Waals surface area contributed by atoms with E-state index >= 15 is 0 Å². The van der Waals surface area contributed by atoms with Crippen molar-refractivity contribution in [1.82, 2.24) is 14.7 Å². The van der Waals surface area contributed by atoms with Crippen molar-refractivity contribution in [3.63, 3.8) is 0 Å². The first-order valence-electron chi connectivity index (χ1n) is 12.2. The van der Waals surface area contributed by atoms with Crippen LogP contribution >= 0.6 is 0 Å². The molecule has 0 aliphatic heterocycles. The van der Waals surface area contributed by atoms with E-state index in [0.717, 1.165) is 84.2 Å². The minimum absolute atomic E-state index is 0.141. The molecule has 0 atom stereocenters. The van der Waals surface area contributed by atoms with Gasteiger partial charge in [-0.05, 0) is 83.6 Å². The molecule has 6 nitrogen and oxygen atoms in total. The quantitative estimate of drug-likeness (QED) is 0.262. The van der Waals surface area contributed by atoms with Gasteiger partial charge in [0.15, 0.2) is 0 Å². The van der Waals surface area contributed by atoms with Crippen LogP contribution in [0.1, 0.15) is 60.8 Å². The fraction of sp³-hybridized carbons (Fsp3) is 1.00. The van der Waals surface area contributed by atoms with Gasteiger partial charge in [-0.3, -0.25) is 0 Å². The van der Waals surface area contributed by atoms with E-state index in [4.69, 9.17) is 13.3 Å². The third-order valence-corrected chi connectivity index (χ3v) is 10.1. The first kappa shape index (κ1) is 30.0. The van der Waals surface area contributed by atoms with Crippen LogP contribution in [0.25, 0.3) is 0 Å². The predicted octanol–water partition coefficient (Wildman–Crippen LogP) is 4.05. The zero-order valence-electron chi connectivity index (χ0n) is 21.8. The van der Waals surface area contributed by atoms with Crippen LogP contribution in [0, 0.1) is 5.41 Å². The van der Waals surface area contributed by atoms with Crippen molar-refractivity contribution in [3.8, 4) is 0 Å². The third kappa shape index (κ3) is 10.1. The van der Waals surface area contributed by atoms with Gasteiger partial charge in [0.25, 0.3) is 0 Å².